The Morgan fingerprint density at radius 2 is 2.12 bits per heavy atom. The molecule has 5 nitrogen and oxygen atoms in total. The number of halogens is 1. The summed E-state index contributed by atoms with van der Waals surface area (Å²) in [5, 5.41) is 11.5. The number of rotatable bonds is 4. The number of hydrogen-bond acceptors (Lipinski definition) is 3. The average molecular weight is 328 g/mol. The second-order valence-corrected chi connectivity index (χ2v) is 6.77. The van der Waals surface area contributed by atoms with Crippen LogP contribution in [0.2, 0.25) is 0 Å². The smallest absolute Gasteiger partial charge is 0.231 e. The van der Waals surface area contributed by atoms with Crippen LogP contribution in [0.4, 0.5) is 4.39 Å². The molecule has 24 heavy (non-hydrogen) atoms. The zero-order valence-corrected chi connectivity index (χ0v) is 13.6. The molecular weight excluding hydrogens is 307 g/mol. The Balaban J connectivity index is 1.47. The maximum absolute atomic E-state index is 13.5. The lowest BCUT2D eigenvalue weighted by atomic mass is 9.95. The van der Waals surface area contributed by atoms with E-state index in [0.717, 1.165) is 55.9 Å². The minimum Gasteiger partial charge on any atom is -0.348 e. The minimum atomic E-state index is -0.566. The second-order valence-electron chi connectivity index (χ2n) is 6.77. The largest absolute Gasteiger partial charge is 0.348 e. The average Bonchev–Trinajstić information content (AvgIpc) is 3.35. The zero-order valence-electron chi connectivity index (χ0n) is 13.6. The van der Waals surface area contributed by atoms with Crippen LogP contribution in [0, 0.1) is 5.82 Å². The molecule has 2 heterocycles. The molecule has 126 valence electrons. The molecule has 0 bridgehead atoms. The van der Waals surface area contributed by atoms with Gasteiger partial charge >= 0.3 is 0 Å². The van der Waals surface area contributed by atoms with Crippen LogP contribution in [-0.2, 0) is 29.7 Å². The third-order valence-electron chi connectivity index (χ3n) is 5.16. The first-order valence-electron chi connectivity index (χ1n) is 8.64. The van der Waals surface area contributed by atoms with E-state index < -0.39 is 5.41 Å². The quantitative estimate of drug-likeness (QED) is 0.938. The van der Waals surface area contributed by atoms with Gasteiger partial charge in [0, 0.05) is 13.0 Å². The first-order valence-corrected chi connectivity index (χ1v) is 8.64. The maximum Gasteiger partial charge on any atom is 0.231 e. The summed E-state index contributed by atoms with van der Waals surface area (Å²) in [6, 6.07) is 6.37. The summed E-state index contributed by atoms with van der Waals surface area (Å²) in [4.78, 5) is 12.7. The van der Waals surface area contributed by atoms with Crippen LogP contribution in [0.15, 0.2) is 24.3 Å². The van der Waals surface area contributed by atoms with Crippen molar-refractivity contribution in [1.82, 2.24) is 20.1 Å². The van der Waals surface area contributed by atoms with Crippen LogP contribution >= 0.6 is 0 Å². The van der Waals surface area contributed by atoms with Crippen molar-refractivity contribution in [3.05, 3.63) is 47.3 Å². The Labute approximate surface area is 140 Å². The first-order chi connectivity index (χ1) is 11.7. The van der Waals surface area contributed by atoms with Crippen molar-refractivity contribution < 1.29 is 9.18 Å². The molecule has 1 aromatic carbocycles. The van der Waals surface area contributed by atoms with Gasteiger partial charge in [-0.3, -0.25) is 4.79 Å². The number of benzene rings is 1. The molecule has 1 fully saturated rings. The fourth-order valence-corrected chi connectivity index (χ4v) is 3.56. The number of nitrogens with one attached hydrogen (secondary N) is 1. The van der Waals surface area contributed by atoms with E-state index in [1.54, 1.807) is 6.07 Å². The molecule has 0 spiro atoms. The van der Waals surface area contributed by atoms with Gasteiger partial charge in [0.05, 0.1) is 12.0 Å². The predicted octanol–water partition coefficient (Wildman–Crippen LogP) is 2.49. The summed E-state index contributed by atoms with van der Waals surface area (Å²) in [7, 11) is 0. The molecule has 1 N–H and O–H groups in total. The third-order valence-corrected chi connectivity index (χ3v) is 5.16. The van der Waals surface area contributed by atoms with Crippen LogP contribution in [0.5, 0.6) is 0 Å². The van der Waals surface area contributed by atoms with E-state index in [0.29, 0.717) is 6.54 Å². The van der Waals surface area contributed by atoms with Gasteiger partial charge in [0.15, 0.2) is 5.82 Å². The summed E-state index contributed by atoms with van der Waals surface area (Å²) in [6.07, 6.45) is 5.96. The fourth-order valence-electron chi connectivity index (χ4n) is 3.56. The summed E-state index contributed by atoms with van der Waals surface area (Å²) in [5.74, 6) is 1.49. The number of aryl methyl sites for hydroxylation is 1. The molecule has 1 aliphatic heterocycles. The normalized spacial score (nSPS) is 18.5. The molecule has 1 aliphatic carbocycles. The lowest BCUT2D eigenvalue weighted by molar-refractivity contribution is -0.123. The molecule has 0 atom stereocenters. The lowest BCUT2D eigenvalue weighted by Gasteiger charge is -2.16. The standard InChI is InChI=1S/C18H21FN4O/c19-14-6-4-5-13(11-14)18(8-9-18)17(24)20-12-16-22-21-15-7-2-1-3-10-23(15)16/h4-6,11H,1-3,7-10,12H2,(H,20,24). The zero-order chi connectivity index (χ0) is 16.6. The number of carbonyl (C=O) groups excluding carboxylic acids is 1. The predicted molar refractivity (Wildman–Crippen MR) is 86.7 cm³/mol. The summed E-state index contributed by atoms with van der Waals surface area (Å²) in [6.45, 7) is 1.30. The number of aromatic nitrogens is 3. The van der Waals surface area contributed by atoms with Crippen LogP contribution in [0.1, 0.15) is 49.3 Å². The fraction of sp³-hybridized carbons (Fsp3) is 0.500. The van der Waals surface area contributed by atoms with Gasteiger partial charge in [0.2, 0.25) is 5.91 Å². The maximum atomic E-state index is 13.5. The van der Waals surface area contributed by atoms with Gasteiger partial charge < -0.3 is 9.88 Å². The van der Waals surface area contributed by atoms with Crippen molar-refractivity contribution in [2.24, 2.45) is 0 Å². The molecular formula is C18H21FN4O. The number of hydrogen-bond donors (Lipinski definition) is 1. The number of amides is 1. The molecule has 2 aromatic rings. The van der Waals surface area contributed by atoms with Gasteiger partial charge in [0.1, 0.15) is 11.6 Å². The van der Waals surface area contributed by atoms with E-state index in [1.807, 2.05) is 6.07 Å². The van der Waals surface area contributed by atoms with Gasteiger partial charge in [0.25, 0.3) is 0 Å². The van der Waals surface area contributed by atoms with Crippen LogP contribution < -0.4 is 5.32 Å². The van der Waals surface area contributed by atoms with Crippen molar-refractivity contribution in [3.8, 4) is 0 Å². The lowest BCUT2D eigenvalue weighted by Crippen LogP contribution is -2.35. The van der Waals surface area contributed by atoms with Gasteiger partial charge in [-0.2, -0.15) is 0 Å². The molecule has 4 rings (SSSR count). The number of carbonyl (C=O) groups is 1. The molecule has 1 saturated carbocycles. The highest BCUT2D eigenvalue weighted by Gasteiger charge is 2.51. The van der Waals surface area contributed by atoms with E-state index >= 15 is 0 Å². The van der Waals surface area contributed by atoms with E-state index in [2.05, 4.69) is 20.1 Å². The molecule has 0 radical (unpaired) electrons. The van der Waals surface area contributed by atoms with Crippen LogP contribution in [-0.4, -0.2) is 20.7 Å². The Morgan fingerprint density at radius 1 is 1.25 bits per heavy atom. The van der Waals surface area contributed by atoms with E-state index in [9.17, 15) is 9.18 Å². The Kier molecular flexibility index (Phi) is 3.82. The van der Waals surface area contributed by atoms with Gasteiger partial charge in [-0.05, 0) is 43.4 Å². The topological polar surface area (TPSA) is 59.8 Å². The van der Waals surface area contributed by atoms with Gasteiger partial charge in [-0.15, -0.1) is 10.2 Å². The Hall–Kier alpha value is -2.24. The molecule has 1 amide bonds. The summed E-state index contributed by atoms with van der Waals surface area (Å²) < 4.78 is 15.6. The second kappa shape index (κ2) is 6.00. The third kappa shape index (κ3) is 2.70. The Bertz CT molecular complexity index is 766. The van der Waals surface area contributed by atoms with Crippen molar-refractivity contribution in [2.45, 2.75) is 57.0 Å². The molecule has 2 aliphatic rings. The van der Waals surface area contributed by atoms with Crippen molar-refractivity contribution in [2.75, 3.05) is 0 Å². The van der Waals surface area contributed by atoms with E-state index in [-0.39, 0.29) is 11.7 Å². The van der Waals surface area contributed by atoms with Crippen molar-refractivity contribution >= 4 is 5.91 Å². The van der Waals surface area contributed by atoms with Gasteiger partial charge in [-0.25, -0.2) is 4.39 Å². The number of fused-ring (bicyclic) bond motifs is 1. The summed E-state index contributed by atoms with van der Waals surface area (Å²) in [5.41, 5.74) is 0.198. The van der Waals surface area contributed by atoms with Gasteiger partial charge in [-0.1, -0.05) is 18.6 Å². The van der Waals surface area contributed by atoms with Crippen molar-refractivity contribution in [1.29, 1.82) is 0 Å². The highest BCUT2D eigenvalue weighted by Crippen LogP contribution is 2.48. The monoisotopic (exact) mass is 328 g/mol. The Morgan fingerprint density at radius 3 is 2.92 bits per heavy atom. The minimum absolute atomic E-state index is 0.0425. The van der Waals surface area contributed by atoms with Crippen LogP contribution in [0.25, 0.3) is 0 Å². The van der Waals surface area contributed by atoms with E-state index in [4.69, 9.17) is 0 Å². The molecule has 0 unspecified atom stereocenters. The van der Waals surface area contributed by atoms with Crippen LogP contribution in [0.3, 0.4) is 0 Å². The SMILES string of the molecule is O=C(NCc1nnc2n1CCCCC2)C1(c2cccc(F)c2)CC1. The molecule has 6 heteroatoms. The number of nitrogens with zero attached hydrogens (tertiary/aromatic N) is 3. The molecule has 1 aromatic heterocycles. The summed E-state index contributed by atoms with van der Waals surface area (Å²) >= 11 is 0. The molecule has 0 saturated heterocycles. The first kappa shape index (κ1) is 15.3. The highest BCUT2D eigenvalue weighted by atomic mass is 19.1. The van der Waals surface area contributed by atoms with E-state index in [1.165, 1.54) is 18.6 Å². The van der Waals surface area contributed by atoms with Crippen molar-refractivity contribution in [3.63, 3.8) is 0 Å². The highest BCUT2D eigenvalue weighted by molar-refractivity contribution is 5.91.